The molecular weight excluding hydrogens is 270 g/mol. The van der Waals surface area contributed by atoms with Crippen molar-refractivity contribution < 1.29 is 14.7 Å². The van der Waals surface area contributed by atoms with Crippen LogP contribution >= 0.6 is 0 Å². The monoisotopic (exact) mass is 291 g/mol. The van der Waals surface area contributed by atoms with Crippen LogP contribution < -0.4 is 11.1 Å². The summed E-state index contributed by atoms with van der Waals surface area (Å²) in [5.74, 6) is 0.0668. The molecule has 0 saturated heterocycles. The molecule has 0 unspecified atom stereocenters. The lowest BCUT2D eigenvalue weighted by molar-refractivity contribution is 0.0534. The topological polar surface area (TPSA) is 96.9 Å². The van der Waals surface area contributed by atoms with Gasteiger partial charge in [-0.2, -0.15) is 0 Å². The van der Waals surface area contributed by atoms with E-state index in [-0.39, 0.29) is 5.84 Å². The van der Waals surface area contributed by atoms with E-state index in [0.717, 1.165) is 5.56 Å². The van der Waals surface area contributed by atoms with Crippen molar-refractivity contribution in [2.75, 3.05) is 6.54 Å². The highest BCUT2D eigenvalue weighted by molar-refractivity contribution is 5.97. The van der Waals surface area contributed by atoms with Crippen LogP contribution in [0.4, 0.5) is 4.79 Å². The number of carbonyl (C=O) groups excluding carboxylic acids is 1. The van der Waals surface area contributed by atoms with E-state index in [1.807, 2.05) is 45.1 Å². The van der Waals surface area contributed by atoms with E-state index >= 15 is 0 Å². The van der Waals surface area contributed by atoms with E-state index in [2.05, 4.69) is 10.5 Å². The number of oxime groups is 1. The number of benzene rings is 1. The third kappa shape index (κ3) is 6.47. The second-order valence-corrected chi connectivity index (χ2v) is 5.39. The minimum atomic E-state index is -0.502. The van der Waals surface area contributed by atoms with Crippen LogP contribution in [0.1, 0.15) is 31.9 Å². The molecule has 0 bridgehead atoms. The van der Waals surface area contributed by atoms with Crippen LogP contribution in [0, 0.1) is 0 Å². The maximum absolute atomic E-state index is 11.4. The maximum atomic E-state index is 11.4. The molecule has 1 amide bonds. The number of nitrogens with zero attached hydrogens (tertiary/aromatic N) is 1. The van der Waals surface area contributed by atoms with E-state index < -0.39 is 11.7 Å². The summed E-state index contributed by atoms with van der Waals surface area (Å²) >= 11 is 0. The number of carbonyl (C=O) groups is 1. The van der Waals surface area contributed by atoms with Gasteiger partial charge in [-0.1, -0.05) is 41.6 Å². The zero-order valence-corrected chi connectivity index (χ0v) is 12.5. The average molecular weight is 291 g/mol. The fraction of sp³-hybridized carbons (Fsp3) is 0.333. The minimum Gasteiger partial charge on any atom is -0.444 e. The van der Waals surface area contributed by atoms with Gasteiger partial charge >= 0.3 is 6.09 Å². The fourth-order valence-corrected chi connectivity index (χ4v) is 1.47. The molecule has 1 aromatic rings. The highest BCUT2D eigenvalue weighted by Crippen LogP contribution is 2.07. The summed E-state index contributed by atoms with van der Waals surface area (Å²) in [6.07, 6.45) is 3.21. The van der Waals surface area contributed by atoms with E-state index in [1.54, 1.807) is 12.1 Å². The molecule has 4 N–H and O–H groups in total. The second kappa shape index (κ2) is 7.33. The minimum absolute atomic E-state index is 0.0668. The zero-order valence-electron chi connectivity index (χ0n) is 12.5. The number of hydrogen-bond donors (Lipinski definition) is 3. The van der Waals surface area contributed by atoms with Crippen LogP contribution in [-0.4, -0.2) is 29.3 Å². The number of amides is 1. The summed E-state index contributed by atoms with van der Waals surface area (Å²) in [4.78, 5) is 11.4. The van der Waals surface area contributed by atoms with Gasteiger partial charge in [-0.3, -0.25) is 0 Å². The second-order valence-electron chi connectivity index (χ2n) is 5.39. The number of nitrogens with one attached hydrogen (secondary N) is 1. The third-order valence-electron chi connectivity index (χ3n) is 2.39. The van der Waals surface area contributed by atoms with Gasteiger partial charge in [0.1, 0.15) is 5.60 Å². The van der Waals surface area contributed by atoms with Crippen LogP contribution in [0.15, 0.2) is 35.5 Å². The first-order chi connectivity index (χ1) is 9.81. The van der Waals surface area contributed by atoms with Gasteiger partial charge in [0.15, 0.2) is 5.84 Å². The molecule has 0 aliphatic rings. The molecule has 0 aliphatic heterocycles. The van der Waals surface area contributed by atoms with E-state index in [0.29, 0.717) is 12.1 Å². The van der Waals surface area contributed by atoms with Crippen molar-refractivity contribution in [3.8, 4) is 0 Å². The molecule has 0 fully saturated rings. The Morgan fingerprint density at radius 1 is 1.38 bits per heavy atom. The predicted octanol–water partition coefficient (Wildman–Crippen LogP) is 2.32. The van der Waals surface area contributed by atoms with Crippen molar-refractivity contribution >= 4 is 18.0 Å². The summed E-state index contributed by atoms with van der Waals surface area (Å²) < 4.78 is 5.11. The molecule has 0 aromatic heterocycles. The van der Waals surface area contributed by atoms with Gasteiger partial charge in [-0.25, -0.2) is 4.79 Å². The molecule has 6 heteroatoms. The van der Waals surface area contributed by atoms with Crippen molar-refractivity contribution in [2.24, 2.45) is 10.9 Å². The molecule has 0 radical (unpaired) electrons. The Morgan fingerprint density at radius 3 is 2.52 bits per heavy atom. The lowest BCUT2D eigenvalue weighted by atomic mass is 10.1. The van der Waals surface area contributed by atoms with Gasteiger partial charge in [0.2, 0.25) is 0 Å². The summed E-state index contributed by atoms with van der Waals surface area (Å²) in [7, 11) is 0. The third-order valence-corrected chi connectivity index (χ3v) is 2.39. The Labute approximate surface area is 124 Å². The molecule has 0 aliphatic carbocycles. The molecule has 21 heavy (non-hydrogen) atoms. The van der Waals surface area contributed by atoms with Crippen molar-refractivity contribution in [2.45, 2.75) is 26.4 Å². The largest absolute Gasteiger partial charge is 0.444 e. The normalized spacial score (nSPS) is 12.4. The Kier molecular flexibility index (Phi) is 5.78. The van der Waals surface area contributed by atoms with Crippen LogP contribution in [0.3, 0.4) is 0 Å². The SMILES string of the molecule is CC(C)(C)OC(=O)NCC=Cc1ccc(C(N)=NO)cc1. The standard InChI is InChI=1S/C15H21N3O3/c1-15(2,3)21-14(19)17-10-4-5-11-6-8-12(9-7-11)13(16)18-20/h4-9,20H,10H2,1-3H3,(H2,16,18)(H,17,19). The molecule has 0 spiro atoms. The Balaban J connectivity index is 2.45. The number of amidine groups is 1. The quantitative estimate of drug-likeness (QED) is 0.343. The lowest BCUT2D eigenvalue weighted by Gasteiger charge is -2.19. The van der Waals surface area contributed by atoms with E-state index in [9.17, 15) is 4.79 Å². The summed E-state index contributed by atoms with van der Waals surface area (Å²) in [5.41, 5.74) is 6.55. The highest BCUT2D eigenvalue weighted by atomic mass is 16.6. The average Bonchev–Trinajstić information content (AvgIpc) is 2.41. The zero-order chi connectivity index (χ0) is 15.9. The number of hydrogen-bond acceptors (Lipinski definition) is 4. The predicted molar refractivity (Wildman–Crippen MR) is 82.2 cm³/mol. The van der Waals surface area contributed by atoms with Gasteiger partial charge in [0.25, 0.3) is 0 Å². The molecule has 1 aromatic carbocycles. The van der Waals surface area contributed by atoms with Crippen molar-refractivity contribution in [1.82, 2.24) is 5.32 Å². The number of ether oxygens (including phenoxy) is 1. The number of rotatable bonds is 4. The molecule has 0 atom stereocenters. The Bertz CT molecular complexity index is 528. The van der Waals surface area contributed by atoms with Crippen molar-refractivity contribution in [1.29, 1.82) is 0 Å². The summed E-state index contributed by atoms with van der Waals surface area (Å²) in [6.45, 7) is 5.80. The molecular formula is C15H21N3O3. The first-order valence-corrected chi connectivity index (χ1v) is 6.53. The highest BCUT2D eigenvalue weighted by Gasteiger charge is 2.14. The first kappa shape index (κ1) is 16.6. The van der Waals surface area contributed by atoms with E-state index in [4.69, 9.17) is 15.7 Å². The first-order valence-electron chi connectivity index (χ1n) is 6.53. The van der Waals surface area contributed by atoms with Crippen LogP contribution in [0.2, 0.25) is 0 Å². The fourth-order valence-electron chi connectivity index (χ4n) is 1.47. The maximum Gasteiger partial charge on any atom is 0.407 e. The van der Waals surface area contributed by atoms with E-state index in [1.165, 1.54) is 0 Å². The van der Waals surface area contributed by atoms with Crippen LogP contribution in [0.5, 0.6) is 0 Å². The lowest BCUT2D eigenvalue weighted by Crippen LogP contribution is -2.32. The van der Waals surface area contributed by atoms with Crippen LogP contribution in [-0.2, 0) is 4.74 Å². The molecule has 6 nitrogen and oxygen atoms in total. The van der Waals surface area contributed by atoms with Gasteiger partial charge in [-0.05, 0) is 26.3 Å². The van der Waals surface area contributed by atoms with Gasteiger partial charge in [0.05, 0.1) is 0 Å². The summed E-state index contributed by atoms with van der Waals surface area (Å²) in [5, 5.41) is 14.1. The van der Waals surface area contributed by atoms with Gasteiger partial charge < -0.3 is 21.0 Å². The number of alkyl carbamates (subject to hydrolysis) is 1. The molecule has 0 heterocycles. The molecule has 1 rings (SSSR count). The summed E-state index contributed by atoms with van der Waals surface area (Å²) in [6, 6.07) is 7.15. The number of nitrogens with two attached hydrogens (primary N) is 1. The molecule has 0 saturated carbocycles. The van der Waals surface area contributed by atoms with Crippen molar-refractivity contribution in [3.63, 3.8) is 0 Å². The van der Waals surface area contributed by atoms with Crippen molar-refractivity contribution in [3.05, 3.63) is 41.5 Å². The Morgan fingerprint density at radius 2 is 2.00 bits per heavy atom. The Hall–Kier alpha value is -2.50. The molecule has 114 valence electrons. The van der Waals surface area contributed by atoms with Gasteiger partial charge in [0, 0.05) is 12.1 Å². The van der Waals surface area contributed by atoms with Crippen LogP contribution in [0.25, 0.3) is 6.08 Å². The van der Waals surface area contributed by atoms with Gasteiger partial charge in [-0.15, -0.1) is 0 Å². The smallest absolute Gasteiger partial charge is 0.407 e.